The van der Waals surface area contributed by atoms with Crippen LogP contribution in [0, 0.1) is 19.8 Å². The standard InChI is InChI=1S/C24H23N5O/c1-14(2)12-28-13-25-22-20(24(28)30)21-23(27-18-8-6-5-7-17(18)26-21)29(22)19-11-15(3)9-10-16(19)4/h5-11,13-14H,12H2,1-4H3. The molecule has 6 heteroatoms. The lowest BCUT2D eigenvalue weighted by Crippen LogP contribution is -2.23. The molecule has 0 aliphatic carbocycles. The van der Waals surface area contributed by atoms with Crippen LogP contribution in [0.2, 0.25) is 0 Å². The van der Waals surface area contributed by atoms with Crippen molar-refractivity contribution >= 4 is 33.2 Å². The van der Waals surface area contributed by atoms with Crippen LogP contribution in [-0.2, 0) is 6.54 Å². The largest absolute Gasteiger partial charge is 0.298 e. The number of para-hydroxylation sites is 2. The SMILES string of the molecule is Cc1ccc(C)c(-n2c3nc4ccccc4nc3c3c(=O)n(CC(C)C)cnc32)c1. The van der Waals surface area contributed by atoms with Crippen molar-refractivity contribution in [3.63, 3.8) is 0 Å². The molecule has 0 unspecified atom stereocenters. The monoisotopic (exact) mass is 397 g/mol. The second kappa shape index (κ2) is 6.76. The average Bonchev–Trinajstić information content (AvgIpc) is 3.03. The number of rotatable bonds is 3. The zero-order valence-corrected chi connectivity index (χ0v) is 17.5. The Morgan fingerprint density at radius 1 is 0.967 bits per heavy atom. The Morgan fingerprint density at radius 3 is 2.43 bits per heavy atom. The third-order valence-corrected chi connectivity index (χ3v) is 5.40. The molecular weight excluding hydrogens is 374 g/mol. The van der Waals surface area contributed by atoms with Crippen molar-refractivity contribution in [1.29, 1.82) is 0 Å². The van der Waals surface area contributed by atoms with Crippen LogP contribution in [-0.4, -0.2) is 24.1 Å². The fourth-order valence-electron chi connectivity index (χ4n) is 3.98. The van der Waals surface area contributed by atoms with Gasteiger partial charge in [-0.1, -0.05) is 38.1 Å². The molecule has 150 valence electrons. The number of hydrogen-bond donors (Lipinski definition) is 0. The summed E-state index contributed by atoms with van der Waals surface area (Å²) in [5, 5.41) is 0.521. The first-order valence-corrected chi connectivity index (χ1v) is 10.2. The van der Waals surface area contributed by atoms with E-state index in [9.17, 15) is 4.79 Å². The topological polar surface area (TPSA) is 65.6 Å². The number of hydrogen-bond acceptors (Lipinski definition) is 4. The van der Waals surface area contributed by atoms with Gasteiger partial charge in [-0.2, -0.15) is 0 Å². The molecule has 0 radical (unpaired) electrons. The van der Waals surface area contributed by atoms with Gasteiger partial charge in [0.05, 0.1) is 23.0 Å². The van der Waals surface area contributed by atoms with E-state index in [-0.39, 0.29) is 5.56 Å². The smallest absolute Gasteiger partial charge is 0.265 e. The highest BCUT2D eigenvalue weighted by molar-refractivity contribution is 6.05. The maximum Gasteiger partial charge on any atom is 0.265 e. The molecule has 0 bridgehead atoms. The van der Waals surface area contributed by atoms with Crippen molar-refractivity contribution in [2.24, 2.45) is 5.92 Å². The van der Waals surface area contributed by atoms with E-state index in [1.807, 2.05) is 28.8 Å². The number of aromatic nitrogens is 5. The van der Waals surface area contributed by atoms with Crippen LogP contribution in [0.1, 0.15) is 25.0 Å². The number of aryl methyl sites for hydroxylation is 2. The fourth-order valence-corrected chi connectivity index (χ4v) is 3.98. The van der Waals surface area contributed by atoms with Crippen molar-refractivity contribution in [2.45, 2.75) is 34.2 Å². The Hall–Kier alpha value is -3.54. The molecule has 6 nitrogen and oxygen atoms in total. The highest BCUT2D eigenvalue weighted by Crippen LogP contribution is 2.30. The van der Waals surface area contributed by atoms with Crippen LogP contribution in [0.5, 0.6) is 0 Å². The molecule has 5 rings (SSSR count). The van der Waals surface area contributed by atoms with Gasteiger partial charge in [0.25, 0.3) is 5.56 Å². The minimum Gasteiger partial charge on any atom is -0.298 e. The van der Waals surface area contributed by atoms with E-state index in [4.69, 9.17) is 15.0 Å². The third-order valence-electron chi connectivity index (χ3n) is 5.40. The lowest BCUT2D eigenvalue weighted by atomic mass is 10.1. The number of nitrogens with zero attached hydrogens (tertiary/aromatic N) is 5. The van der Waals surface area contributed by atoms with Gasteiger partial charge in [-0.25, -0.2) is 15.0 Å². The Morgan fingerprint density at radius 2 is 1.70 bits per heavy atom. The summed E-state index contributed by atoms with van der Waals surface area (Å²) < 4.78 is 3.66. The maximum atomic E-state index is 13.5. The van der Waals surface area contributed by atoms with Gasteiger partial charge < -0.3 is 0 Å². The lowest BCUT2D eigenvalue weighted by Gasteiger charge is -2.11. The molecule has 3 heterocycles. The molecule has 30 heavy (non-hydrogen) atoms. The molecule has 2 aromatic carbocycles. The van der Waals surface area contributed by atoms with Crippen LogP contribution in [0.3, 0.4) is 0 Å². The first kappa shape index (κ1) is 18.5. The van der Waals surface area contributed by atoms with Gasteiger partial charge in [0.1, 0.15) is 10.9 Å². The normalized spacial score (nSPS) is 11.9. The lowest BCUT2D eigenvalue weighted by molar-refractivity contribution is 0.508. The second-order valence-corrected chi connectivity index (χ2v) is 8.30. The zero-order chi connectivity index (χ0) is 21.0. The minimum atomic E-state index is -0.0765. The summed E-state index contributed by atoms with van der Waals surface area (Å²) in [6, 6.07) is 14.0. The molecule has 0 aliphatic rings. The van der Waals surface area contributed by atoms with Crippen LogP contribution in [0.15, 0.2) is 53.6 Å². The van der Waals surface area contributed by atoms with E-state index in [0.29, 0.717) is 34.7 Å². The average molecular weight is 397 g/mol. The van der Waals surface area contributed by atoms with Crippen LogP contribution in [0.4, 0.5) is 0 Å². The van der Waals surface area contributed by atoms with Crippen molar-refractivity contribution < 1.29 is 0 Å². The van der Waals surface area contributed by atoms with E-state index in [1.54, 1.807) is 10.9 Å². The Labute approximate surface area is 173 Å². The molecule has 0 aliphatic heterocycles. The van der Waals surface area contributed by atoms with Gasteiger partial charge in [0.2, 0.25) is 0 Å². The third kappa shape index (κ3) is 2.79. The quantitative estimate of drug-likeness (QED) is 0.448. The predicted octanol–water partition coefficient (Wildman–Crippen LogP) is 4.56. The molecule has 0 saturated heterocycles. The molecule has 0 fully saturated rings. The molecule has 3 aromatic heterocycles. The van der Waals surface area contributed by atoms with Gasteiger partial charge in [-0.15, -0.1) is 0 Å². The van der Waals surface area contributed by atoms with Gasteiger partial charge in [0, 0.05) is 6.54 Å². The van der Waals surface area contributed by atoms with Crippen LogP contribution >= 0.6 is 0 Å². The minimum absolute atomic E-state index is 0.0765. The summed E-state index contributed by atoms with van der Waals surface area (Å²) in [5.41, 5.74) is 6.52. The van der Waals surface area contributed by atoms with Crippen molar-refractivity contribution in [3.8, 4) is 5.69 Å². The molecule has 0 atom stereocenters. The highest BCUT2D eigenvalue weighted by atomic mass is 16.1. The summed E-state index contributed by atoms with van der Waals surface area (Å²) in [4.78, 5) is 27.9. The zero-order valence-electron chi connectivity index (χ0n) is 17.5. The maximum absolute atomic E-state index is 13.5. The van der Waals surface area contributed by atoms with E-state index in [2.05, 4.69) is 45.9 Å². The summed E-state index contributed by atoms with van der Waals surface area (Å²) in [6.45, 7) is 8.90. The molecular formula is C24H23N5O. The van der Waals surface area contributed by atoms with E-state index < -0.39 is 0 Å². The van der Waals surface area contributed by atoms with E-state index in [0.717, 1.165) is 27.8 Å². The molecule has 0 spiro atoms. The Bertz CT molecular complexity index is 1490. The van der Waals surface area contributed by atoms with E-state index >= 15 is 0 Å². The van der Waals surface area contributed by atoms with E-state index in [1.165, 1.54) is 0 Å². The van der Waals surface area contributed by atoms with Crippen molar-refractivity contribution in [1.82, 2.24) is 24.1 Å². The Balaban J connectivity index is 1.99. The first-order valence-electron chi connectivity index (χ1n) is 10.2. The summed E-state index contributed by atoms with van der Waals surface area (Å²) in [7, 11) is 0. The number of benzene rings is 2. The number of fused-ring (bicyclic) bond motifs is 4. The highest BCUT2D eigenvalue weighted by Gasteiger charge is 2.21. The molecule has 5 aromatic rings. The Kier molecular flexibility index (Phi) is 4.17. The molecule has 0 N–H and O–H groups in total. The fraction of sp³-hybridized carbons (Fsp3) is 0.250. The first-order chi connectivity index (χ1) is 14.4. The summed E-state index contributed by atoms with van der Waals surface area (Å²) >= 11 is 0. The van der Waals surface area contributed by atoms with Crippen LogP contribution in [0.25, 0.3) is 38.9 Å². The van der Waals surface area contributed by atoms with Gasteiger partial charge in [0.15, 0.2) is 11.3 Å². The van der Waals surface area contributed by atoms with Gasteiger partial charge in [-0.3, -0.25) is 13.9 Å². The van der Waals surface area contributed by atoms with Gasteiger partial charge in [-0.05, 0) is 49.1 Å². The molecule has 0 saturated carbocycles. The summed E-state index contributed by atoms with van der Waals surface area (Å²) in [6.07, 6.45) is 1.64. The van der Waals surface area contributed by atoms with Crippen LogP contribution < -0.4 is 5.56 Å². The van der Waals surface area contributed by atoms with Crippen molar-refractivity contribution in [3.05, 3.63) is 70.3 Å². The second-order valence-electron chi connectivity index (χ2n) is 8.30. The van der Waals surface area contributed by atoms with Crippen molar-refractivity contribution in [2.75, 3.05) is 0 Å². The van der Waals surface area contributed by atoms with Gasteiger partial charge >= 0.3 is 0 Å². The predicted molar refractivity (Wildman–Crippen MR) is 120 cm³/mol. The summed E-state index contributed by atoms with van der Waals surface area (Å²) in [5.74, 6) is 0.334. The molecule has 0 amide bonds.